The smallest absolute Gasteiger partial charge is 0.228 e. The van der Waals surface area contributed by atoms with E-state index in [0.29, 0.717) is 11.3 Å². The molecule has 0 radical (unpaired) electrons. The second-order valence-electron chi connectivity index (χ2n) is 10.7. The van der Waals surface area contributed by atoms with Gasteiger partial charge in [0.2, 0.25) is 5.69 Å². The molecule has 0 bridgehead atoms. The fourth-order valence-corrected chi connectivity index (χ4v) is 6.75. The molecule has 0 saturated heterocycles. The van der Waals surface area contributed by atoms with E-state index < -0.39 is 0 Å². The molecule has 3 heteroatoms. The van der Waals surface area contributed by atoms with Crippen LogP contribution in [0, 0.1) is 19.3 Å². The molecule has 2 aromatic carbocycles. The van der Waals surface area contributed by atoms with Crippen molar-refractivity contribution < 1.29 is 9.30 Å². The topological polar surface area (TPSA) is 26.0 Å². The maximum Gasteiger partial charge on any atom is 0.228 e. The number of nitrogens with zero attached hydrogens (tertiary/aromatic N) is 2. The number of aromatic nitrogens is 2. The van der Waals surface area contributed by atoms with E-state index in [0.717, 1.165) is 22.6 Å². The van der Waals surface area contributed by atoms with Crippen molar-refractivity contribution in [3.05, 3.63) is 59.4 Å². The predicted molar refractivity (Wildman–Crippen MR) is 140 cm³/mol. The number of rotatable bonds is 3. The molecule has 0 atom stereocenters. The van der Waals surface area contributed by atoms with Gasteiger partial charge in [-0.2, -0.15) is 0 Å². The molecular weight excluding hydrogens is 416 g/mol. The zero-order chi connectivity index (χ0) is 23.6. The van der Waals surface area contributed by atoms with Crippen LogP contribution < -0.4 is 9.30 Å². The normalized spacial score (nSPS) is 17.1. The molecule has 4 aromatic rings. The van der Waals surface area contributed by atoms with Gasteiger partial charge in [-0.25, -0.2) is 4.57 Å². The van der Waals surface area contributed by atoms with Crippen LogP contribution in [0.1, 0.15) is 75.0 Å². The molecule has 1 saturated carbocycles. The number of aryl methyl sites for hydroxylation is 3. The number of fused-ring (bicyclic) bond motifs is 3. The largest absolute Gasteiger partial charge is 0.455 e. The van der Waals surface area contributed by atoms with Gasteiger partial charge in [-0.3, -0.25) is 4.98 Å². The molecule has 6 rings (SSSR count). The summed E-state index contributed by atoms with van der Waals surface area (Å²) in [5.74, 6) is 2.60. The standard InChI is InChI=1S/C31H35N2O/c1-6-31(7-2)13-10-21(11-14-31)23-17-22-12-16-33(5)29-26-19(3)24-9-8-15-32-28(24)20(4)30(26)34-25(18-23)27(22)29/h8-9,12,15-18,21H,6-7,10-11,13-14H2,1-5H3/q+1. The van der Waals surface area contributed by atoms with E-state index >= 15 is 0 Å². The first-order valence-corrected chi connectivity index (χ1v) is 13.0. The Bertz CT molecular complexity index is 1440. The number of hydrogen-bond donors (Lipinski definition) is 0. The number of hydrogen-bond acceptors (Lipinski definition) is 2. The summed E-state index contributed by atoms with van der Waals surface area (Å²) < 4.78 is 9.05. The fourth-order valence-electron chi connectivity index (χ4n) is 6.75. The van der Waals surface area contributed by atoms with Crippen LogP contribution in [0.25, 0.3) is 32.9 Å². The summed E-state index contributed by atoms with van der Waals surface area (Å²) in [5, 5.41) is 3.73. The van der Waals surface area contributed by atoms with Crippen LogP contribution in [0.4, 0.5) is 0 Å². The van der Waals surface area contributed by atoms with Crippen LogP contribution in [-0.2, 0) is 7.05 Å². The lowest BCUT2D eigenvalue weighted by atomic mass is 9.66. The van der Waals surface area contributed by atoms with E-state index in [-0.39, 0.29) is 0 Å². The lowest BCUT2D eigenvalue weighted by Crippen LogP contribution is -2.32. The second-order valence-corrected chi connectivity index (χ2v) is 10.7. The minimum atomic E-state index is 0.556. The third kappa shape index (κ3) is 3.02. The highest BCUT2D eigenvalue weighted by molar-refractivity contribution is 6.06. The first-order valence-electron chi connectivity index (χ1n) is 13.0. The summed E-state index contributed by atoms with van der Waals surface area (Å²) in [6.45, 7) is 9.11. The van der Waals surface area contributed by atoms with Gasteiger partial charge in [-0.05, 0) is 79.5 Å². The van der Waals surface area contributed by atoms with Crippen molar-refractivity contribution in [3.63, 3.8) is 0 Å². The number of pyridine rings is 2. The maximum atomic E-state index is 6.79. The van der Waals surface area contributed by atoms with Gasteiger partial charge >= 0.3 is 0 Å². The predicted octanol–water partition coefficient (Wildman–Crippen LogP) is 8.07. The van der Waals surface area contributed by atoms with Crippen molar-refractivity contribution in [2.75, 3.05) is 0 Å². The van der Waals surface area contributed by atoms with Crippen LogP contribution >= 0.6 is 0 Å². The lowest BCUT2D eigenvalue weighted by molar-refractivity contribution is -0.659. The number of benzene rings is 2. The Kier molecular flexibility index (Phi) is 4.95. The first-order chi connectivity index (χ1) is 16.5. The molecular formula is C31H35N2O+. The molecule has 1 aliphatic heterocycles. The fraction of sp³-hybridized carbons (Fsp3) is 0.419. The average molecular weight is 452 g/mol. The van der Waals surface area contributed by atoms with E-state index in [9.17, 15) is 0 Å². The minimum absolute atomic E-state index is 0.556. The summed E-state index contributed by atoms with van der Waals surface area (Å²) in [4.78, 5) is 4.71. The minimum Gasteiger partial charge on any atom is -0.455 e. The molecule has 0 amide bonds. The van der Waals surface area contributed by atoms with Crippen molar-refractivity contribution >= 4 is 21.7 Å². The molecule has 2 aliphatic rings. The monoisotopic (exact) mass is 451 g/mol. The van der Waals surface area contributed by atoms with E-state index in [4.69, 9.17) is 9.72 Å². The van der Waals surface area contributed by atoms with Gasteiger partial charge in [0.05, 0.1) is 16.5 Å². The molecule has 2 aromatic heterocycles. The SMILES string of the molecule is CCC1(CC)CCC(c2cc3c4c([n+](C)ccc4c2)-c2c(c(C)c4ncccc4c2C)O3)CC1. The molecule has 0 N–H and O–H groups in total. The van der Waals surface area contributed by atoms with Gasteiger partial charge in [0.1, 0.15) is 18.5 Å². The summed E-state index contributed by atoms with van der Waals surface area (Å²) >= 11 is 0. The highest BCUT2D eigenvalue weighted by atomic mass is 16.5. The van der Waals surface area contributed by atoms with Crippen molar-refractivity contribution in [1.82, 2.24) is 4.98 Å². The summed E-state index contributed by atoms with van der Waals surface area (Å²) in [6, 6.07) is 11.3. The molecule has 1 fully saturated rings. The van der Waals surface area contributed by atoms with Gasteiger partial charge in [-0.15, -0.1) is 0 Å². The Hall–Kier alpha value is -2.94. The first kappa shape index (κ1) is 21.6. The van der Waals surface area contributed by atoms with Crippen LogP contribution in [-0.4, -0.2) is 4.98 Å². The number of ether oxygens (including phenoxy) is 1. The second kappa shape index (κ2) is 7.80. The Labute approximate surface area is 202 Å². The van der Waals surface area contributed by atoms with E-state index in [1.807, 2.05) is 12.3 Å². The van der Waals surface area contributed by atoms with Crippen molar-refractivity contribution in [3.8, 4) is 22.8 Å². The van der Waals surface area contributed by atoms with Gasteiger partial charge in [0, 0.05) is 23.2 Å². The van der Waals surface area contributed by atoms with Gasteiger partial charge in [-0.1, -0.05) is 38.8 Å². The third-order valence-electron chi connectivity index (χ3n) is 9.20. The molecule has 1 aliphatic carbocycles. The van der Waals surface area contributed by atoms with Crippen molar-refractivity contribution in [2.24, 2.45) is 12.5 Å². The quantitative estimate of drug-likeness (QED) is 0.259. The Morgan fingerprint density at radius 1 is 1.06 bits per heavy atom. The van der Waals surface area contributed by atoms with Crippen LogP contribution in [0.5, 0.6) is 11.5 Å². The summed E-state index contributed by atoms with van der Waals surface area (Å²) in [5.41, 5.74) is 7.87. The molecule has 0 unspecified atom stereocenters. The zero-order valence-corrected chi connectivity index (χ0v) is 21.2. The maximum absolute atomic E-state index is 6.79. The van der Waals surface area contributed by atoms with E-state index in [1.165, 1.54) is 77.1 Å². The lowest BCUT2D eigenvalue weighted by Gasteiger charge is -2.39. The van der Waals surface area contributed by atoms with Gasteiger partial charge in [0.15, 0.2) is 6.20 Å². The van der Waals surface area contributed by atoms with Crippen molar-refractivity contribution in [2.45, 2.75) is 72.1 Å². The van der Waals surface area contributed by atoms with Crippen LogP contribution in [0.3, 0.4) is 0 Å². The highest BCUT2D eigenvalue weighted by Crippen LogP contribution is 2.52. The van der Waals surface area contributed by atoms with Crippen molar-refractivity contribution in [1.29, 1.82) is 0 Å². The zero-order valence-electron chi connectivity index (χ0n) is 21.2. The Morgan fingerprint density at radius 3 is 2.56 bits per heavy atom. The molecule has 34 heavy (non-hydrogen) atoms. The summed E-state index contributed by atoms with van der Waals surface area (Å²) in [7, 11) is 2.15. The average Bonchev–Trinajstić information content (AvgIpc) is 2.88. The van der Waals surface area contributed by atoms with E-state index in [2.05, 4.69) is 69.8 Å². The highest BCUT2D eigenvalue weighted by Gasteiger charge is 2.35. The van der Waals surface area contributed by atoms with Gasteiger partial charge in [0.25, 0.3) is 0 Å². The molecule has 174 valence electrons. The summed E-state index contributed by atoms with van der Waals surface area (Å²) in [6.07, 6.45) is 11.9. The third-order valence-corrected chi connectivity index (χ3v) is 9.20. The molecule has 3 nitrogen and oxygen atoms in total. The van der Waals surface area contributed by atoms with E-state index in [1.54, 1.807) is 0 Å². The van der Waals surface area contributed by atoms with Crippen LogP contribution in [0.2, 0.25) is 0 Å². The Morgan fingerprint density at radius 2 is 1.82 bits per heavy atom. The molecule has 3 heterocycles. The van der Waals surface area contributed by atoms with Gasteiger partial charge < -0.3 is 4.74 Å². The Balaban J connectivity index is 1.53. The van der Waals surface area contributed by atoms with Crippen LogP contribution in [0.15, 0.2) is 42.7 Å². The molecule has 0 spiro atoms.